The van der Waals surface area contributed by atoms with E-state index in [1.54, 1.807) is 6.07 Å². The monoisotopic (exact) mass is 428 g/mol. The van der Waals surface area contributed by atoms with Crippen molar-refractivity contribution in [3.05, 3.63) is 42.0 Å². The molecule has 0 bridgehead atoms. The van der Waals surface area contributed by atoms with Gasteiger partial charge in [0.25, 0.3) is 0 Å². The van der Waals surface area contributed by atoms with E-state index >= 15 is 0 Å². The van der Waals surface area contributed by atoms with E-state index in [2.05, 4.69) is 13.0 Å². The van der Waals surface area contributed by atoms with Crippen LogP contribution in [0.5, 0.6) is 0 Å². The van der Waals surface area contributed by atoms with Gasteiger partial charge in [0.15, 0.2) is 0 Å². The summed E-state index contributed by atoms with van der Waals surface area (Å²) in [6.07, 6.45) is 15.6. The molecule has 0 N–H and O–H groups in total. The molecule has 0 spiro atoms. The van der Waals surface area contributed by atoms with Crippen LogP contribution in [0.1, 0.15) is 83.1 Å². The summed E-state index contributed by atoms with van der Waals surface area (Å²) in [7, 11) is -4.40. The van der Waals surface area contributed by atoms with Crippen LogP contribution >= 0.6 is 0 Å². The van der Waals surface area contributed by atoms with Gasteiger partial charge in [0.05, 0.1) is 4.90 Å². The van der Waals surface area contributed by atoms with Gasteiger partial charge in [0.1, 0.15) is 10.1 Å². The molecule has 0 atom stereocenters. The molecule has 3 nitrogen and oxygen atoms in total. The maximum Gasteiger partial charge on any atom is 1.00 e. The quantitative estimate of drug-likeness (QED) is 0.278. The third-order valence-corrected chi connectivity index (χ3v) is 6.07. The van der Waals surface area contributed by atoms with Crippen LogP contribution in [-0.2, 0) is 16.5 Å². The molecule has 0 aliphatic heterocycles. The van der Waals surface area contributed by atoms with Gasteiger partial charge in [-0.25, -0.2) is 8.42 Å². The molecule has 150 valence electrons. The predicted octanol–water partition coefficient (Wildman–Crippen LogP) is 3.60. The number of aryl methyl sites for hydroxylation is 1. The minimum Gasteiger partial charge on any atom is -0.744 e. The summed E-state index contributed by atoms with van der Waals surface area (Å²) in [6.45, 7) is 2.26. The Balaban J connectivity index is 0.00000392. The molecular weight excluding hydrogens is 395 g/mol. The molecule has 0 saturated heterocycles. The van der Waals surface area contributed by atoms with Gasteiger partial charge in [0, 0.05) is 0 Å². The van der Waals surface area contributed by atoms with Gasteiger partial charge < -0.3 is 4.55 Å². The third kappa shape index (κ3) is 9.83. The van der Waals surface area contributed by atoms with Crippen LogP contribution in [0.25, 0.3) is 10.8 Å². The van der Waals surface area contributed by atoms with E-state index in [1.165, 1.54) is 81.9 Å². The van der Waals surface area contributed by atoms with Crippen molar-refractivity contribution in [1.29, 1.82) is 0 Å². The van der Waals surface area contributed by atoms with Crippen molar-refractivity contribution < 1.29 is 64.4 Å². The van der Waals surface area contributed by atoms with Gasteiger partial charge in [0.2, 0.25) is 0 Å². The molecule has 0 radical (unpaired) electrons. The van der Waals surface area contributed by atoms with Crippen LogP contribution in [0, 0.1) is 0 Å². The number of hydrogen-bond donors (Lipinski definition) is 0. The molecular formula is C23H33KO3S. The molecule has 0 unspecified atom stereocenters. The first kappa shape index (κ1) is 26.3. The molecule has 0 fully saturated rings. The van der Waals surface area contributed by atoms with Gasteiger partial charge in [-0.15, -0.1) is 0 Å². The zero-order valence-corrected chi connectivity index (χ0v) is 21.5. The second-order valence-corrected chi connectivity index (χ2v) is 8.96. The molecule has 2 rings (SSSR count). The van der Waals surface area contributed by atoms with Crippen molar-refractivity contribution in [3.63, 3.8) is 0 Å². The first-order valence-electron chi connectivity index (χ1n) is 10.5. The summed E-state index contributed by atoms with van der Waals surface area (Å²) in [6, 6.07) is 10.7. The number of rotatable bonds is 13. The van der Waals surface area contributed by atoms with Gasteiger partial charge in [-0.05, 0) is 41.3 Å². The average Bonchev–Trinajstić information content (AvgIpc) is 2.64. The van der Waals surface area contributed by atoms with Crippen molar-refractivity contribution >= 4 is 20.9 Å². The topological polar surface area (TPSA) is 57.2 Å². The standard InChI is InChI=1S/C23H34O3S.K/c1-2-3-4-5-6-7-8-9-10-11-12-13-20-14-15-21-16-17-23(27(24,25)26)19-22(21)18-20;/h14-19H,2-13H2,1H3,(H,24,25,26);/q;+1/p-1. The Morgan fingerprint density at radius 3 is 1.82 bits per heavy atom. The summed E-state index contributed by atoms with van der Waals surface area (Å²) >= 11 is 0. The Hall–Kier alpha value is 0.246. The fraction of sp³-hybridized carbons (Fsp3) is 0.565. The summed E-state index contributed by atoms with van der Waals surface area (Å²) in [5.41, 5.74) is 1.21. The normalized spacial score (nSPS) is 11.5. The maximum atomic E-state index is 11.2. The fourth-order valence-corrected chi connectivity index (χ4v) is 4.08. The molecule has 0 heterocycles. The molecule has 2 aromatic rings. The zero-order valence-electron chi connectivity index (χ0n) is 17.6. The molecule has 0 aliphatic rings. The van der Waals surface area contributed by atoms with Crippen molar-refractivity contribution in [2.24, 2.45) is 0 Å². The Bertz CT molecular complexity index is 803. The molecule has 2 aromatic carbocycles. The second-order valence-electron chi connectivity index (χ2n) is 7.58. The molecule has 5 heteroatoms. The van der Waals surface area contributed by atoms with Gasteiger partial charge in [-0.3, -0.25) is 0 Å². The van der Waals surface area contributed by atoms with Crippen LogP contribution in [0.4, 0.5) is 0 Å². The smallest absolute Gasteiger partial charge is 0.744 e. The van der Waals surface area contributed by atoms with Crippen molar-refractivity contribution in [2.75, 3.05) is 0 Å². The van der Waals surface area contributed by atoms with E-state index < -0.39 is 10.1 Å². The summed E-state index contributed by atoms with van der Waals surface area (Å²) in [5.74, 6) is 0. The zero-order chi connectivity index (χ0) is 19.5. The van der Waals surface area contributed by atoms with Crippen LogP contribution < -0.4 is 51.4 Å². The van der Waals surface area contributed by atoms with Gasteiger partial charge >= 0.3 is 51.4 Å². The van der Waals surface area contributed by atoms with E-state index in [1.807, 2.05) is 12.1 Å². The van der Waals surface area contributed by atoms with Crippen molar-refractivity contribution in [1.82, 2.24) is 0 Å². The van der Waals surface area contributed by atoms with Crippen LogP contribution in [-0.4, -0.2) is 13.0 Å². The van der Waals surface area contributed by atoms with E-state index in [0.29, 0.717) is 0 Å². The summed E-state index contributed by atoms with van der Waals surface area (Å²) < 4.78 is 33.6. The minimum atomic E-state index is -4.40. The molecule has 0 aromatic heterocycles. The predicted molar refractivity (Wildman–Crippen MR) is 112 cm³/mol. The summed E-state index contributed by atoms with van der Waals surface area (Å²) in [5, 5.41) is 1.79. The van der Waals surface area contributed by atoms with Gasteiger partial charge in [-0.2, -0.15) is 0 Å². The number of fused-ring (bicyclic) bond motifs is 1. The molecule has 0 saturated carbocycles. The van der Waals surface area contributed by atoms with E-state index in [4.69, 9.17) is 0 Å². The first-order chi connectivity index (χ1) is 13.0. The number of unbranched alkanes of at least 4 members (excludes halogenated alkanes) is 10. The van der Waals surface area contributed by atoms with E-state index in [-0.39, 0.29) is 56.3 Å². The Labute approximate surface area is 213 Å². The SMILES string of the molecule is CCCCCCCCCCCCCc1ccc2ccc(S(=O)(=O)[O-])cc2c1.[K+]. The Kier molecular flexibility index (Phi) is 13.4. The van der Waals surface area contributed by atoms with Crippen LogP contribution in [0.2, 0.25) is 0 Å². The van der Waals surface area contributed by atoms with Crippen molar-refractivity contribution in [2.45, 2.75) is 88.9 Å². The molecule has 0 aliphatic carbocycles. The Morgan fingerprint density at radius 1 is 0.714 bits per heavy atom. The maximum absolute atomic E-state index is 11.2. The average molecular weight is 429 g/mol. The first-order valence-corrected chi connectivity index (χ1v) is 11.9. The third-order valence-electron chi connectivity index (χ3n) is 5.23. The molecule has 0 amide bonds. The minimum absolute atomic E-state index is 0. The van der Waals surface area contributed by atoms with E-state index in [0.717, 1.165) is 23.6 Å². The second kappa shape index (κ2) is 14.3. The van der Waals surface area contributed by atoms with E-state index in [9.17, 15) is 13.0 Å². The Morgan fingerprint density at radius 2 is 1.25 bits per heavy atom. The molecule has 28 heavy (non-hydrogen) atoms. The van der Waals surface area contributed by atoms with Crippen molar-refractivity contribution in [3.8, 4) is 0 Å². The fourth-order valence-electron chi connectivity index (χ4n) is 3.58. The van der Waals surface area contributed by atoms with Crippen LogP contribution in [0.15, 0.2) is 41.3 Å². The largest absolute Gasteiger partial charge is 1.00 e. The number of benzene rings is 2. The number of hydrogen-bond acceptors (Lipinski definition) is 3. The summed E-state index contributed by atoms with van der Waals surface area (Å²) in [4.78, 5) is -0.151. The van der Waals surface area contributed by atoms with Gasteiger partial charge in [-0.1, -0.05) is 95.4 Å². The van der Waals surface area contributed by atoms with Crippen LogP contribution in [0.3, 0.4) is 0 Å².